The highest BCUT2D eigenvalue weighted by Gasteiger charge is 2.48. The molecular formula is C26H19N3O5S. The normalized spacial score (nSPS) is 17.3. The molecule has 0 spiro atoms. The summed E-state index contributed by atoms with van der Waals surface area (Å²) in [5, 5.41) is 22.9. The van der Waals surface area contributed by atoms with Crippen LogP contribution in [0.3, 0.4) is 0 Å². The molecule has 1 N–H and O–H groups in total. The predicted octanol–water partition coefficient (Wildman–Crippen LogP) is 5.45. The lowest BCUT2D eigenvalue weighted by Crippen LogP contribution is -2.29. The van der Waals surface area contributed by atoms with Gasteiger partial charge in [-0.15, -0.1) is 0 Å². The minimum atomic E-state index is -1.09. The number of nitro groups is 1. The van der Waals surface area contributed by atoms with Gasteiger partial charge >= 0.3 is 5.91 Å². The number of Topliss-reactive ketones (excluding diaryl/α,β-unsaturated/α-hetero) is 1. The number of nitro benzene ring substituents is 1. The van der Waals surface area contributed by atoms with Gasteiger partial charge in [-0.3, -0.25) is 24.6 Å². The Morgan fingerprint density at radius 3 is 2.51 bits per heavy atom. The summed E-state index contributed by atoms with van der Waals surface area (Å²) in [5.41, 5.74) is 3.01. The maximum Gasteiger partial charge on any atom is 0.301 e. The highest BCUT2D eigenvalue weighted by molar-refractivity contribution is 7.22. The van der Waals surface area contributed by atoms with Crippen molar-refractivity contribution >= 4 is 49.8 Å². The van der Waals surface area contributed by atoms with Crippen molar-refractivity contribution in [2.45, 2.75) is 19.9 Å². The summed E-state index contributed by atoms with van der Waals surface area (Å²) >= 11 is 1.25. The van der Waals surface area contributed by atoms with Crippen molar-refractivity contribution in [3.63, 3.8) is 0 Å². The third-order valence-corrected chi connectivity index (χ3v) is 6.91. The zero-order chi connectivity index (χ0) is 24.9. The largest absolute Gasteiger partial charge is 0.507 e. The Morgan fingerprint density at radius 2 is 1.80 bits per heavy atom. The van der Waals surface area contributed by atoms with Crippen LogP contribution in [0.25, 0.3) is 16.0 Å². The zero-order valence-corrected chi connectivity index (χ0v) is 19.6. The molecule has 4 aromatic rings. The van der Waals surface area contributed by atoms with E-state index < -0.39 is 22.7 Å². The second-order valence-electron chi connectivity index (χ2n) is 8.31. The van der Waals surface area contributed by atoms with E-state index in [1.807, 2.05) is 26.0 Å². The Hall–Kier alpha value is -4.37. The number of anilines is 1. The van der Waals surface area contributed by atoms with E-state index in [0.717, 1.165) is 15.8 Å². The molecule has 0 bridgehead atoms. The van der Waals surface area contributed by atoms with Gasteiger partial charge in [0.05, 0.1) is 26.8 Å². The number of amides is 1. The number of aromatic nitrogens is 1. The molecule has 174 valence electrons. The fourth-order valence-corrected chi connectivity index (χ4v) is 5.54. The molecule has 0 unspecified atom stereocenters. The van der Waals surface area contributed by atoms with Crippen LogP contribution in [0.1, 0.15) is 28.3 Å². The first kappa shape index (κ1) is 22.4. The van der Waals surface area contributed by atoms with Crippen LogP contribution in [-0.2, 0) is 9.59 Å². The van der Waals surface area contributed by atoms with Gasteiger partial charge in [-0.2, -0.15) is 0 Å². The summed E-state index contributed by atoms with van der Waals surface area (Å²) < 4.78 is 0.847. The molecule has 1 atom stereocenters. The quantitative estimate of drug-likeness (QED) is 0.135. The number of fused-ring (bicyclic) bond motifs is 1. The fraction of sp³-hybridized carbons (Fsp3) is 0.115. The average Bonchev–Trinajstić information content (AvgIpc) is 3.38. The van der Waals surface area contributed by atoms with Crippen LogP contribution < -0.4 is 4.90 Å². The number of aryl methyl sites for hydroxylation is 2. The average molecular weight is 486 g/mol. The van der Waals surface area contributed by atoms with Gasteiger partial charge in [0.2, 0.25) is 0 Å². The molecule has 0 aliphatic carbocycles. The molecule has 1 aliphatic rings. The molecule has 9 heteroatoms. The zero-order valence-electron chi connectivity index (χ0n) is 18.8. The minimum Gasteiger partial charge on any atom is -0.507 e. The third-order valence-electron chi connectivity index (χ3n) is 5.91. The van der Waals surface area contributed by atoms with E-state index in [4.69, 9.17) is 0 Å². The molecule has 1 aliphatic heterocycles. The Morgan fingerprint density at radius 1 is 1.06 bits per heavy atom. The van der Waals surface area contributed by atoms with Gasteiger partial charge in [0.25, 0.3) is 11.5 Å². The van der Waals surface area contributed by atoms with Crippen molar-refractivity contribution in [1.29, 1.82) is 0 Å². The number of aliphatic hydroxyl groups is 1. The number of ketones is 1. The van der Waals surface area contributed by atoms with Crippen LogP contribution in [0.4, 0.5) is 10.8 Å². The van der Waals surface area contributed by atoms with Crippen molar-refractivity contribution in [3.05, 3.63) is 105 Å². The first-order valence-corrected chi connectivity index (χ1v) is 11.6. The summed E-state index contributed by atoms with van der Waals surface area (Å²) in [6, 6.07) is 17.0. The molecule has 5 rings (SSSR count). The lowest BCUT2D eigenvalue weighted by molar-refractivity contribution is -0.384. The second-order valence-corrected chi connectivity index (χ2v) is 9.32. The number of nitrogens with zero attached hydrogens (tertiary/aromatic N) is 3. The molecule has 1 aromatic heterocycles. The summed E-state index contributed by atoms with van der Waals surface area (Å²) in [7, 11) is 0. The molecule has 35 heavy (non-hydrogen) atoms. The molecule has 0 saturated carbocycles. The Kier molecular flexibility index (Phi) is 5.41. The topological polar surface area (TPSA) is 114 Å². The van der Waals surface area contributed by atoms with Gasteiger partial charge in [0.15, 0.2) is 5.13 Å². The maximum absolute atomic E-state index is 13.3. The number of aliphatic hydroxyl groups excluding tert-OH is 1. The standard InChI is InChI=1S/C26H19N3O5S/c1-14-11-15(2)21-19(12-14)35-26(27-21)28-22(17-9-6-10-18(13-17)29(33)34)20(24(31)25(28)32)23(30)16-7-4-3-5-8-16/h3-13,22,30H,1-2H3/t22-/m1/s1. The second kappa shape index (κ2) is 8.44. The number of thiazole rings is 1. The van der Waals surface area contributed by atoms with E-state index >= 15 is 0 Å². The number of rotatable bonds is 4. The van der Waals surface area contributed by atoms with Crippen molar-refractivity contribution in [1.82, 2.24) is 4.98 Å². The molecule has 2 heterocycles. The molecule has 1 fully saturated rings. The van der Waals surface area contributed by atoms with Gasteiger partial charge in [0.1, 0.15) is 5.76 Å². The number of hydrogen-bond acceptors (Lipinski definition) is 7. The summed E-state index contributed by atoms with van der Waals surface area (Å²) in [6.45, 7) is 3.88. The lowest BCUT2D eigenvalue weighted by atomic mass is 9.95. The molecule has 1 saturated heterocycles. The van der Waals surface area contributed by atoms with E-state index in [1.165, 1.54) is 34.4 Å². The summed E-state index contributed by atoms with van der Waals surface area (Å²) in [6.07, 6.45) is 0. The monoisotopic (exact) mass is 485 g/mol. The Balaban J connectivity index is 1.77. The van der Waals surface area contributed by atoms with E-state index in [9.17, 15) is 24.8 Å². The molecule has 0 radical (unpaired) electrons. The van der Waals surface area contributed by atoms with Crippen LogP contribution in [0.5, 0.6) is 0 Å². The number of hydrogen-bond donors (Lipinski definition) is 1. The van der Waals surface area contributed by atoms with Crippen LogP contribution in [-0.4, -0.2) is 26.7 Å². The van der Waals surface area contributed by atoms with Crippen molar-refractivity contribution in [2.24, 2.45) is 0 Å². The Labute approximate surface area is 203 Å². The first-order valence-electron chi connectivity index (χ1n) is 10.7. The maximum atomic E-state index is 13.3. The summed E-state index contributed by atoms with van der Waals surface area (Å²) in [4.78, 5) is 43.4. The minimum absolute atomic E-state index is 0.145. The van der Waals surface area contributed by atoms with E-state index in [0.29, 0.717) is 16.6 Å². The van der Waals surface area contributed by atoms with E-state index in [1.54, 1.807) is 36.4 Å². The van der Waals surface area contributed by atoms with Crippen LogP contribution >= 0.6 is 11.3 Å². The van der Waals surface area contributed by atoms with E-state index in [-0.39, 0.29) is 22.2 Å². The van der Waals surface area contributed by atoms with Crippen molar-refractivity contribution in [3.8, 4) is 0 Å². The first-order chi connectivity index (χ1) is 16.8. The van der Waals surface area contributed by atoms with Crippen LogP contribution in [0.2, 0.25) is 0 Å². The van der Waals surface area contributed by atoms with Crippen LogP contribution in [0, 0.1) is 24.0 Å². The third kappa shape index (κ3) is 3.75. The van der Waals surface area contributed by atoms with Gasteiger partial charge in [0, 0.05) is 17.7 Å². The Bertz CT molecular complexity index is 1560. The molecule has 3 aromatic carbocycles. The van der Waals surface area contributed by atoms with Gasteiger partial charge in [-0.1, -0.05) is 59.9 Å². The fourth-order valence-electron chi connectivity index (χ4n) is 4.37. The lowest BCUT2D eigenvalue weighted by Gasteiger charge is -2.22. The van der Waals surface area contributed by atoms with Gasteiger partial charge in [-0.25, -0.2) is 4.98 Å². The highest BCUT2D eigenvalue weighted by Crippen LogP contribution is 2.45. The van der Waals surface area contributed by atoms with Crippen molar-refractivity contribution in [2.75, 3.05) is 4.90 Å². The molecule has 1 amide bonds. The highest BCUT2D eigenvalue weighted by atomic mass is 32.1. The summed E-state index contributed by atoms with van der Waals surface area (Å²) in [5.74, 6) is -2.08. The number of non-ortho nitro benzene ring substituents is 1. The molecule has 8 nitrogen and oxygen atoms in total. The van der Waals surface area contributed by atoms with E-state index in [2.05, 4.69) is 4.98 Å². The predicted molar refractivity (Wildman–Crippen MR) is 133 cm³/mol. The number of benzene rings is 3. The SMILES string of the molecule is Cc1cc(C)c2nc(N3C(=O)C(=O)C(=C(O)c4ccccc4)[C@H]3c3cccc([N+](=O)[O-])c3)sc2c1. The van der Waals surface area contributed by atoms with Crippen molar-refractivity contribution < 1.29 is 19.6 Å². The van der Waals surface area contributed by atoms with Crippen LogP contribution in [0.15, 0.2) is 72.3 Å². The number of carbonyl (C=O) groups excluding carboxylic acids is 2. The van der Waals surface area contributed by atoms with Gasteiger partial charge in [-0.05, 0) is 36.6 Å². The molecular weight excluding hydrogens is 466 g/mol. The smallest absolute Gasteiger partial charge is 0.301 e. The number of carbonyl (C=O) groups is 2. The van der Waals surface area contributed by atoms with Gasteiger partial charge < -0.3 is 5.11 Å².